The zero-order valence-corrected chi connectivity index (χ0v) is 20.1. The Hall–Kier alpha value is -3.18. The first-order valence-electron chi connectivity index (χ1n) is 10.2. The van der Waals surface area contributed by atoms with Crippen molar-refractivity contribution in [2.45, 2.75) is 18.6 Å². The Bertz CT molecular complexity index is 1100. The van der Waals surface area contributed by atoms with Crippen LogP contribution >= 0.6 is 27.5 Å². The molecule has 0 saturated carbocycles. The lowest BCUT2D eigenvalue weighted by Crippen LogP contribution is -2.41. The van der Waals surface area contributed by atoms with Crippen LogP contribution in [0.5, 0.6) is 5.75 Å². The topological polar surface area (TPSA) is 132 Å². The lowest BCUT2D eigenvalue weighted by molar-refractivity contribution is -0.121. The van der Waals surface area contributed by atoms with Gasteiger partial charge in [-0.1, -0.05) is 27.5 Å². The van der Waals surface area contributed by atoms with Crippen molar-refractivity contribution in [3.63, 3.8) is 0 Å². The van der Waals surface area contributed by atoms with Gasteiger partial charge in [-0.2, -0.15) is 0 Å². The van der Waals surface area contributed by atoms with Crippen LogP contribution in [0.1, 0.15) is 28.4 Å². The summed E-state index contributed by atoms with van der Waals surface area (Å²) in [5.41, 5.74) is 1.09. The van der Waals surface area contributed by atoms with E-state index in [9.17, 15) is 23.9 Å². The molecule has 2 aromatic carbocycles. The number of rotatable bonds is 8. The van der Waals surface area contributed by atoms with Crippen LogP contribution in [0.3, 0.4) is 0 Å². The predicted octanol–water partition coefficient (Wildman–Crippen LogP) is 2.69. The molecule has 0 aromatic heterocycles. The van der Waals surface area contributed by atoms with E-state index in [2.05, 4.69) is 42.2 Å². The lowest BCUT2D eigenvalue weighted by Gasteiger charge is -2.19. The molecule has 0 aliphatic carbocycles. The summed E-state index contributed by atoms with van der Waals surface area (Å²) < 4.78 is 13.9. The number of phenolic OH excluding ortho intramolecular Hbond substituents is 1. The molecule has 1 aliphatic rings. The average molecular weight is 555 g/mol. The summed E-state index contributed by atoms with van der Waals surface area (Å²) in [6.07, 6.45) is -0.373. The number of hydrogen-bond acceptors (Lipinski definition) is 7. The van der Waals surface area contributed by atoms with Crippen molar-refractivity contribution in [3.8, 4) is 5.75 Å². The normalized spacial score (nSPS) is 16.0. The molecule has 0 bridgehead atoms. The van der Waals surface area contributed by atoms with E-state index in [1.165, 1.54) is 18.2 Å². The van der Waals surface area contributed by atoms with Crippen LogP contribution in [0.15, 0.2) is 45.9 Å². The van der Waals surface area contributed by atoms with E-state index in [4.69, 9.17) is 11.6 Å². The van der Waals surface area contributed by atoms with Crippen LogP contribution in [0, 0.1) is 0 Å². The molecule has 12 heteroatoms. The minimum Gasteiger partial charge on any atom is -0.508 e. The van der Waals surface area contributed by atoms with E-state index < -0.39 is 24.0 Å². The Morgan fingerprint density at radius 2 is 2.09 bits per heavy atom. The molecule has 0 fully saturated rings. The number of aromatic hydroxyl groups is 1. The summed E-state index contributed by atoms with van der Waals surface area (Å²) in [5, 5.41) is 21.2. The van der Waals surface area contributed by atoms with Crippen LogP contribution in [0.4, 0.5) is 10.1 Å². The molecule has 1 aliphatic heterocycles. The fourth-order valence-corrected chi connectivity index (χ4v) is 4.10. The monoisotopic (exact) mass is 553 g/mol. The first-order chi connectivity index (χ1) is 16.2. The lowest BCUT2D eigenvalue weighted by atomic mass is 10.0. The Morgan fingerprint density at radius 1 is 1.29 bits per heavy atom. The van der Waals surface area contributed by atoms with Gasteiger partial charge in [0, 0.05) is 33.2 Å². The highest BCUT2D eigenvalue weighted by atomic mass is 79.9. The molecule has 3 rings (SSSR count). The van der Waals surface area contributed by atoms with Crippen molar-refractivity contribution in [2.75, 3.05) is 25.0 Å². The van der Waals surface area contributed by atoms with Gasteiger partial charge in [0.1, 0.15) is 18.2 Å². The Balaban J connectivity index is 1.61. The van der Waals surface area contributed by atoms with Crippen molar-refractivity contribution >= 4 is 57.3 Å². The smallest absolute Gasteiger partial charge is 0.251 e. The predicted molar refractivity (Wildman–Crippen MR) is 130 cm³/mol. The van der Waals surface area contributed by atoms with Crippen molar-refractivity contribution in [2.24, 2.45) is 4.99 Å². The number of guanidine groups is 1. The van der Waals surface area contributed by atoms with E-state index in [-0.39, 0.29) is 37.4 Å². The third-order valence-electron chi connectivity index (χ3n) is 4.75. The van der Waals surface area contributed by atoms with Gasteiger partial charge in [0.05, 0.1) is 25.7 Å². The molecule has 34 heavy (non-hydrogen) atoms. The number of amides is 2. The van der Waals surface area contributed by atoms with Gasteiger partial charge in [-0.25, -0.2) is 9.38 Å². The number of halogens is 3. The molecule has 180 valence electrons. The summed E-state index contributed by atoms with van der Waals surface area (Å²) >= 11 is 9.38. The number of anilines is 1. The quantitative estimate of drug-likeness (QED) is 0.319. The standard InChI is InChI=1S/C22H22BrClFN5O4/c23-14-3-12(4-15(24)7-14)19(1-2-31)30-20(33)11-26-21(34)13-5-17(8-18(32)6-13)29-22-27-9-16(25)10-28-22/h2-8,16,19,32H,1,9-11H2,(H,26,34)(H,30,33)(H2,27,28,29)/t19-/m1/s1. The van der Waals surface area contributed by atoms with Gasteiger partial charge >= 0.3 is 0 Å². The maximum atomic E-state index is 13.2. The van der Waals surface area contributed by atoms with Crippen LogP contribution in [0.2, 0.25) is 5.02 Å². The van der Waals surface area contributed by atoms with Gasteiger partial charge in [0.2, 0.25) is 5.91 Å². The Labute approximate surface area is 208 Å². The highest BCUT2D eigenvalue weighted by Crippen LogP contribution is 2.25. The molecule has 2 atom stereocenters. The highest BCUT2D eigenvalue weighted by molar-refractivity contribution is 9.10. The van der Waals surface area contributed by atoms with Crippen LogP contribution < -0.4 is 21.3 Å². The van der Waals surface area contributed by atoms with E-state index in [1.807, 2.05) is 0 Å². The minimum absolute atomic E-state index is 0.00778. The third-order valence-corrected chi connectivity index (χ3v) is 5.42. The molecule has 2 amide bonds. The van der Waals surface area contributed by atoms with Crippen LogP contribution in [-0.2, 0) is 9.59 Å². The molecule has 1 heterocycles. The molecule has 0 spiro atoms. The number of benzene rings is 2. The van der Waals surface area contributed by atoms with Crippen molar-refractivity contribution in [3.05, 3.63) is 57.0 Å². The number of carbonyl (C=O) groups excluding carboxylic acids is 3. The summed E-state index contributed by atoms with van der Waals surface area (Å²) in [6.45, 7) is -0.251. The molecule has 1 unspecified atom stereocenters. The minimum atomic E-state index is -1.08. The van der Waals surface area contributed by atoms with E-state index >= 15 is 0 Å². The zero-order valence-electron chi connectivity index (χ0n) is 17.8. The van der Waals surface area contributed by atoms with Crippen molar-refractivity contribution in [1.82, 2.24) is 16.0 Å². The van der Waals surface area contributed by atoms with Crippen LogP contribution in [0.25, 0.3) is 0 Å². The molecule has 0 saturated heterocycles. The van der Waals surface area contributed by atoms with Crippen LogP contribution in [-0.4, -0.2) is 55.0 Å². The second-order valence-corrected chi connectivity index (χ2v) is 8.82. The zero-order chi connectivity index (χ0) is 24.7. The SMILES string of the molecule is O=CC[C@@H](NC(=O)CNC(=O)c1cc(O)cc(NC2=NCC(F)CN2)c1)c1cc(Cl)cc(Br)c1. The number of phenols is 1. The molecule has 9 nitrogen and oxygen atoms in total. The molecular formula is C22H22BrClFN5O4. The number of aldehydes is 1. The number of aliphatic imine (C=N–C) groups is 1. The number of carbonyl (C=O) groups is 3. The second kappa shape index (κ2) is 11.8. The van der Waals surface area contributed by atoms with E-state index in [1.54, 1.807) is 18.2 Å². The average Bonchev–Trinajstić information content (AvgIpc) is 2.77. The molecule has 2 aromatic rings. The number of hydrogen-bond donors (Lipinski definition) is 5. The summed E-state index contributed by atoms with van der Waals surface area (Å²) in [7, 11) is 0. The van der Waals surface area contributed by atoms with Gasteiger partial charge in [-0.3, -0.25) is 9.59 Å². The summed E-state index contributed by atoms with van der Waals surface area (Å²) in [6, 6.07) is 8.50. The number of nitrogens with zero attached hydrogens (tertiary/aromatic N) is 1. The van der Waals surface area contributed by atoms with Gasteiger partial charge in [-0.15, -0.1) is 0 Å². The number of alkyl halides is 1. The van der Waals surface area contributed by atoms with Gasteiger partial charge in [0.25, 0.3) is 5.91 Å². The van der Waals surface area contributed by atoms with E-state index in [0.717, 1.165) is 0 Å². The third kappa shape index (κ3) is 7.42. The summed E-state index contributed by atoms with van der Waals surface area (Å²) in [5.74, 6) is -0.985. The fraction of sp³-hybridized carbons (Fsp3) is 0.273. The Morgan fingerprint density at radius 3 is 2.76 bits per heavy atom. The molecule has 0 radical (unpaired) electrons. The van der Waals surface area contributed by atoms with Crippen molar-refractivity contribution in [1.29, 1.82) is 0 Å². The maximum absolute atomic E-state index is 13.2. The Kier molecular flexibility index (Phi) is 8.83. The molecular weight excluding hydrogens is 533 g/mol. The van der Waals surface area contributed by atoms with Crippen molar-refractivity contribution < 1.29 is 23.9 Å². The van der Waals surface area contributed by atoms with Gasteiger partial charge in [0.15, 0.2) is 5.96 Å². The summed E-state index contributed by atoms with van der Waals surface area (Å²) in [4.78, 5) is 40.1. The largest absolute Gasteiger partial charge is 0.508 e. The maximum Gasteiger partial charge on any atom is 0.251 e. The van der Waals surface area contributed by atoms with E-state index in [0.29, 0.717) is 33.0 Å². The van der Waals surface area contributed by atoms with Gasteiger partial charge in [-0.05, 0) is 35.9 Å². The first-order valence-corrected chi connectivity index (χ1v) is 11.4. The number of nitrogens with one attached hydrogen (secondary N) is 4. The second-order valence-electron chi connectivity index (χ2n) is 7.47. The van der Waals surface area contributed by atoms with Gasteiger partial charge < -0.3 is 31.2 Å². The highest BCUT2D eigenvalue weighted by Gasteiger charge is 2.18. The first kappa shape index (κ1) is 25.4. The fourth-order valence-electron chi connectivity index (χ4n) is 3.21. The molecule has 5 N–H and O–H groups in total.